The predicted octanol–water partition coefficient (Wildman–Crippen LogP) is 2.63. The molecule has 18 heavy (non-hydrogen) atoms. The number of ether oxygens (including phenoxy) is 1. The molecule has 2 heterocycles. The van der Waals surface area contributed by atoms with Crippen LogP contribution in [0, 0.1) is 0 Å². The molecule has 3 rings (SSSR count). The number of aromatic nitrogens is 2. The van der Waals surface area contributed by atoms with E-state index in [0.29, 0.717) is 6.61 Å². The molecule has 0 unspecified atom stereocenters. The molecule has 4 nitrogen and oxygen atoms in total. The summed E-state index contributed by atoms with van der Waals surface area (Å²) in [5, 5.41) is 7.74. The number of nitrogens with zero attached hydrogens (tertiary/aromatic N) is 2. The summed E-state index contributed by atoms with van der Waals surface area (Å²) in [6.07, 6.45) is 6.00. The quantitative estimate of drug-likeness (QED) is 0.900. The molecule has 0 saturated heterocycles. The Labute approximate surface area is 107 Å². The fourth-order valence-corrected chi connectivity index (χ4v) is 2.29. The van der Waals surface area contributed by atoms with Crippen LogP contribution in [0.1, 0.15) is 18.9 Å². The molecule has 1 aromatic heterocycles. The number of rotatable bonds is 3. The molecular weight excluding hydrogens is 226 g/mol. The van der Waals surface area contributed by atoms with E-state index in [2.05, 4.69) is 28.6 Å². The number of benzene rings is 1. The zero-order valence-electron chi connectivity index (χ0n) is 10.5. The molecule has 0 atom stereocenters. The molecule has 2 aromatic rings. The van der Waals surface area contributed by atoms with E-state index in [1.807, 2.05) is 17.8 Å². The first-order chi connectivity index (χ1) is 8.86. The van der Waals surface area contributed by atoms with Crippen molar-refractivity contribution in [3.8, 4) is 11.4 Å². The van der Waals surface area contributed by atoms with Crippen molar-refractivity contribution in [2.75, 3.05) is 18.5 Å². The number of hydrogen-bond acceptors (Lipinski definition) is 3. The SMILES string of the molecule is CCOc1cnn(-c2ccc3c(c2)CCCN3)c1. The average molecular weight is 243 g/mol. The maximum Gasteiger partial charge on any atom is 0.157 e. The maximum atomic E-state index is 5.42. The van der Waals surface area contributed by atoms with E-state index in [-0.39, 0.29) is 0 Å². The molecule has 1 aliphatic rings. The highest BCUT2D eigenvalue weighted by Gasteiger charge is 2.10. The lowest BCUT2D eigenvalue weighted by Crippen LogP contribution is -2.12. The molecule has 0 amide bonds. The summed E-state index contributed by atoms with van der Waals surface area (Å²) in [4.78, 5) is 0. The van der Waals surface area contributed by atoms with Gasteiger partial charge in [0.05, 0.1) is 24.7 Å². The molecule has 0 aliphatic carbocycles. The van der Waals surface area contributed by atoms with Gasteiger partial charge in [-0.15, -0.1) is 0 Å². The summed E-state index contributed by atoms with van der Waals surface area (Å²) in [5.41, 5.74) is 3.71. The van der Waals surface area contributed by atoms with Gasteiger partial charge >= 0.3 is 0 Å². The Morgan fingerprint density at radius 3 is 3.28 bits per heavy atom. The van der Waals surface area contributed by atoms with Crippen molar-refractivity contribution in [3.63, 3.8) is 0 Å². The standard InChI is InChI=1S/C14H17N3O/c1-2-18-13-9-16-17(10-13)12-5-6-14-11(8-12)4-3-7-15-14/h5-6,8-10,15H,2-4,7H2,1H3. The van der Waals surface area contributed by atoms with Crippen molar-refractivity contribution in [1.82, 2.24) is 9.78 Å². The monoisotopic (exact) mass is 243 g/mol. The van der Waals surface area contributed by atoms with Crippen LogP contribution in [-0.4, -0.2) is 22.9 Å². The Kier molecular flexibility index (Phi) is 2.92. The minimum atomic E-state index is 0.666. The topological polar surface area (TPSA) is 39.1 Å². The van der Waals surface area contributed by atoms with Gasteiger partial charge in [-0.3, -0.25) is 0 Å². The van der Waals surface area contributed by atoms with Gasteiger partial charge in [0.2, 0.25) is 0 Å². The van der Waals surface area contributed by atoms with E-state index in [0.717, 1.165) is 24.4 Å². The van der Waals surface area contributed by atoms with Crippen molar-refractivity contribution >= 4 is 5.69 Å². The van der Waals surface area contributed by atoms with Crippen molar-refractivity contribution in [2.24, 2.45) is 0 Å². The molecule has 1 aromatic carbocycles. The minimum absolute atomic E-state index is 0.666. The van der Waals surface area contributed by atoms with Gasteiger partial charge in [-0.2, -0.15) is 5.10 Å². The van der Waals surface area contributed by atoms with Gasteiger partial charge in [0.25, 0.3) is 0 Å². The van der Waals surface area contributed by atoms with Gasteiger partial charge in [-0.1, -0.05) is 0 Å². The van der Waals surface area contributed by atoms with E-state index in [4.69, 9.17) is 4.74 Å². The largest absolute Gasteiger partial charge is 0.491 e. The lowest BCUT2D eigenvalue weighted by atomic mass is 10.0. The number of fused-ring (bicyclic) bond motifs is 1. The first-order valence-corrected chi connectivity index (χ1v) is 6.41. The van der Waals surface area contributed by atoms with Gasteiger partial charge in [-0.25, -0.2) is 4.68 Å². The third kappa shape index (κ3) is 2.06. The van der Waals surface area contributed by atoms with Crippen LogP contribution in [0.15, 0.2) is 30.6 Å². The second-order valence-corrected chi connectivity index (χ2v) is 4.43. The van der Waals surface area contributed by atoms with Crippen molar-refractivity contribution in [1.29, 1.82) is 0 Å². The van der Waals surface area contributed by atoms with Crippen LogP contribution in [0.2, 0.25) is 0 Å². The molecule has 1 N–H and O–H groups in total. The fraction of sp³-hybridized carbons (Fsp3) is 0.357. The van der Waals surface area contributed by atoms with Crippen LogP contribution in [0.5, 0.6) is 5.75 Å². The Hall–Kier alpha value is -1.97. The Morgan fingerprint density at radius 2 is 2.39 bits per heavy atom. The van der Waals surface area contributed by atoms with Crippen molar-refractivity contribution < 1.29 is 4.74 Å². The molecule has 0 fully saturated rings. The van der Waals surface area contributed by atoms with Crippen LogP contribution < -0.4 is 10.1 Å². The van der Waals surface area contributed by atoms with Crippen LogP contribution in [0.3, 0.4) is 0 Å². The van der Waals surface area contributed by atoms with Gasteiger partial charge in [-0.05, 0) is 43.5 Å². The molecule has 1 aliphatic heterocycles. The summed E-state index contributed by atoms with van der Waals surface area (Å²) in [6, 6.07) is 6.41. The normalized spacial score (nSPS) is 13.8. The van der Waals surface area contributed by atoms with E-state index in [9.17, 15) is 0 Å². The molecule has 0 bridgehead atoms. The van der Waals surface area contributed by atoms with Crippen LogP contribution in [0.25, 0.3) is 5.69 Å². The first kappa shape index (κ1) is 11.1. The molecule has 0 spiro atoms. The second-order valence-electron chi connectivity index (χ2n) is 4.43. The molecule has 4 heteroatoms. The lowest BCUT2D eigenvalue weighted by molar-refractivity contribution is 0.340. The Bertz CT molecular complexity index is 548. The smallest absolute Gasteiger partial charge is 0.157 e. The number of aryl methyl sites for hydroxylation is 1. The predicted molar refractivity (Wildman–Crippen MR) is 71.5 cm³/mol. The highest BCUT2D eigenvalue weighted by atomic mass is 16.5. The summed E-state index contributed by atoms with van der Waals surface area (Å²) in [7, 11) is 0. The van der Waals surface area contributed by atoms with Crippen LogP contribution in [-0.2, 0) is 6.42 Å². The van der Waals surface area contributed by atoms with E-state index < -0.39 is 0 Å². The zero-order chi connectivity index (χ0) is 12.4. The van der Waals surface area contributed by atoms with Crippen LogP contribution >= 0.6 is 0 Å². The van der Waals surface area contributed by atoms with E-state index in [1.165, 1.54) is 17.7 Å². The molecular formula is C14H17N3O. The minimum Gasteiger partial charge on any atom is -0.491 e. The number of hydrogen-bond donors (Lipinski definition) is 1. The Morgan fingerprint density at radius 1 is 1.44 bits per heavy atom. The molecule has 94 valence electrons. The van der Waals surface area contributed by atoms with E-state index >= 15 is 0 Å². The highest BCUT2D eigenvalue weighted by Crippen LogP contribution is 2.25. The van der Waals surface area contributed by atoms with Crippen LogP contribution in [0.4, 0.5) is 5.69 Å². The lowest BCUT2D eigenvalue weighted by Gasteiger charge is -2.18. The van der Waals surface area contributed by atoms with Gasteiger partial charge in [0, 0.05) is 12.2 Å². The summed E-state index contributed by atoms with van der Waals surface area (Å²) in [6.45, 7) is 3.71. The zero-order valence-corrected chi connectivity index (χ0v) is 10.5. The Balaban J connectivity index is 1.91. The van der Waals surface area contributed by atoms with Crippen molar-refractivity contribution in [3.05, 3.63) is 36.2 Å². The van der Waals surface area contributed by atoms with Gasteiger partial charge < -0.3 is 10.1 Å². The number of anilines is 1. The first-order valence-electron chi connectivity index (χ1n) is 6.41. The highest BCUT2D eigenvalue weighted by molar-refractivity contribution is 5.57. The maximum absolute atomic E-state index is 5.42. The third-order valence-electron chi connectivity index (χ3n) is 3.16. The second kappa shape index (κ2) is 4.72. The van der Waals surface area contributed by atoms with Crippen molar-refractivity contribution in [2.45, 2.75) is 19.8 Å². The average Bonchev–Trinajstić information content (AvgIpc) is 2.87. The summed E-state index contributed by atoms with van der Waals surface area (Å²) >= 11 is 0. The fourth-order valence-electron chi connectivity index (χ4n) is 2.29. The number of nitrogens with one attached hydrogen (secondary N) is 1. The van der Waals surface area contributed by atoms with Gasteiger partial charge in [0.15, 0.2) is 5.75 Å². The van der Waals surface area contributed by atoms with E-state index in [1.54, 1.807) is 6.20 Å². The molecule has 0 radical (unpaired) electrons. The van der Waals surface area contributed by atoms with Gasteiger partial charge in [0.1, 0.15) is 0 Å². The molecule has 0 saturated carbocycles. The summed E-state index contributed by atoms with van der Waals surface area (Å²) < 4.78 is 7.29. The summed E-state index contributed by atoms with van der Waals surface area (Å²) in [5.74, 6) is 0.813. The third-order valence-corrected chi connectivity index (χ3v) is 3.16.